The number of carbonyl (C=O) groups excluding carboxylic acids is 1. The third-order valence-corrected chi connectivity index (χ3v) is 5.58. The van der Waals surface area contributed by atoms with Crippen molar-refractivity contribution in [1.29, 1.82) is 0 Å². The number of hydrazine groups is 1. The highest BCUT2D eigenvalue weighted by molar-refractivity contribution is 7.91. The standard InChI is InChI=1S/C14H19N3O5S/c1-10-8-11(4-5-13(10)17(19)20)14(18)16(15(2)3)12-6-7-23(21,22)9-12/h4-5,8,12H,6-7,9H2,1-3H3. The van der Waals surface area contributed by atoms with Gasteiger partial charge in [-0.05, 0) is 25.5 Å². The van der Waals surface area contributed by atoms with Crippen LogP contribution in [0.15, 0.2) is 18.2 Å². The first-order valence-corrected chi connectivity index (χ1v) is 8.91. The van der Waals surface area contributed by atoms with Crippen LogP contribution < -0.4 is 0 Å². The molecule has 0 bridgehead atoms. The van der Waals surface area contributed by atoms with Crippen molar-refractivity contribution in [1.82, 2.24) is 10.0 Å². The topological polar surface area (TPSA) is 101 Å². The lowest BCUT2D eigenvalue weighted by atomic mass is 10.1. The first-order valence-electron chi connectivity index (χ1n) is 7.08. The molecule has 9 heteroatoms. The molecular weight excluding hydrogens is 322 g/mol. The van der Waals surface area contributed by atoms with Gasteiger partial charge < -0.3 is 0 Å². The molecule has 1 aromatic carbocycles. The lowest BCUT2D eigenvalue weighted by molar-refractivity contribution is -0.385. The summed E-state index contributed by atoms with van der Waals surface area (Å²) >= 11 is 0. The highest BCUT2D eigenvalue weighted by Crippen LogP contribution is 2.23. The molecule has 0 spiro atoms. The SMILES string of the molecule is Cc1cc(C(=O)N(C2CCS(=O)(=O)C2)N(C)C)ccc1[N+](=O)[O-]. The molecule has 1 heterocycles. The van der Waals surface area contributed by atoms with Crippen LogP contribution >= 0.6 is 0 Å². The second kappa shape index (κ2) is 6.25. The minimum atomic E-state index is -3.13. The summed E-state index contributed by atoms with van der Waals surface area (Å²) in [6, 6.07) is 3.73. The molecular formula is C14H19N3O5S. The summed E-state index contributed by atoms with van der Waals surface area (Å²) < 4.78 is 23.3. The van der Waals surface area contributed by atoms with Crippen molar-refractivity contribution < 1.29 is 18.1 Å². The number of aryl methyl sites for hydroxylation is 1. The van der Waals surface area contributed by atoms with Crippen molar-refractivity contribution in [3.8, 4) is 0 Å². The Hall–Kier alpha value is -2.00. The minimum absolute atomic E-state index is 0.0543. The van der Waals surface area contributed by atoms with Crippen molar-refractivity contribution in [3.63, 3.8) is 0 Å². The van der Waals surface area contributed by atoms with Crippen LogP contribution in [0, 0.1) is 17.0 Å². The minimum Gasteiger partial charge on any atom is -0.268 e. The Bertz CT molecular complexity index is 745. The van der Waals surface area contributed by atoms with Gasteiger partial charge in [-0.15, -0.1) is 0 Å². The van der Waals surface area contributed by atoms with Crippen molar-refractivity contribution in [2.24, 2.45) is 0 Å². The molecule has 1 fully saturated rings. The van der Waals surface area contributed by atoms with Gasteiger partial charge in [0.05, 0.1) is 22.5 Å². The molecule has 23 heavy (non-hydrogen) atoms. The number of hydrogen-bond donors (Lipinski definition) is 0. The van der Waals surface area contributed by atoms with E-state index in [1.165, 1.54) is 23.2 Å². The normalized spacial score (nSPS) is 19.7. The molecule has 1 aliphatic rings. The van der Waals surface area contributed by atoms with Gasteiger partial charge in [-0.3, -0.25) is 19.9 Å². The fourth-order valence-electron chi connectivity index (χ4n) is 2.77. The summed E-state index contributed by atoms with van der Waals surface area (Å²) in [5.74, 6) is -0.368. The molecule has 1 aliphatic heterocycles. The van der Waals surface area contributed by atoms with Gasteiger partial charge in [0, 0.05) is 31.3 Å². The van der Waals surface area contributed by atoms with Crippen molar-refractivity contribution in [2.75, 3.05) is 25.6 Å². The second-order valence-corrected chi connectivity index (χ2v) is 8.04. The number of hydrogen-bond acceptors (Lipinski definition) is 6. The first-order chi connectivity index (χ1) is 10.6. The molecule has 0 N–H and O–H groups in total. The lowest BCUT2D eigenvalue weighted by Gasteiger charge is -2.33. The Kier molecular flexibility index (Phi) is 4.71. The summed E-state index contributed by atoms with van der Waals surface area (Å²) in [5, 5.41) is 13.8. The molecule has 126 valence electrons. The fourth-order valence-corrected chi connectivity index (χ4v) is 4.46. The van der Waals surface area contributed by atoms with E-state index < -0.39 is 20.8 Å². The predicted molar refractivity (Wildman–Crippen MR) is 84.7 cm³/mol. The maximum Gasteiger partial charge on any atom is 0.272 e. The average molecular weight is 341 g/mol. The summed E-state index contributed by atoms with van der Waals surface area (Å²) in [5.41, 5.74) is 0.631. The van der Waals surface area contributed by atoms with Crippen LogP contribution in [0.2, 0.25) is 0 Å². The molecule has 1 atom stereocenters. The molecule has 1 saturated heterocycles. The monoisotopic (exact) mass is 341 g/mol. The van der Waals surface area contributed by atoms with Crippen LogP contribution in [0.1, 0.15) is 22.3 Å². The number of carbonyl (C=O) groups is 1. The molecule has 0 aromatic heterocycles. The number of sulfone groups is 1. The van der Waals surface area contributed by atoms with Gasteiger partial charge in [0.2, 0.25) is 0 Å². The quantitative estimate of drug-likeness (QED) is 0.598. The van der Waals surface area contributed by atoms with Crippen LogP contribution in [0.5, 0.6) is 0 Å². The van der Waals surface area contributed by atoms with Crippen LogP contribution in [-0.4, -0.2) is 60.9 Å². The lowest BCUT2D eigenvalue weighted by Crippen LogP contribution is -2.49. The van der Waals surface area contributed by atoms with E-state index in [0.717, 1.165) is 0 Å². The first kappa shape index (κ1) is 17.4. The zero-order chi connectivity index (χ0) is 17.4. The Morgan fingerprint density at radius 1 is 1.35 bits per heavy atom. The maximum atomic E-state index is 12.7. The van der Waals surface area contributed by atoms with E-state index >= 15 is 0 Å². The number of amides is 1. The van der Waals surface area contributed by atoms with Crippen LogP contribution in [0.4, 0.5) is 5.69 Å². The van der Waals surface area contributed by atoms with E-state index in [0.29, 0.717) is 17.5 Å². The highest BCUT2D eigenvalue weighted by atomic mass is 32.2. The summed E-state index contributed by atoms with van der Waals surface area (Å²) in [6.45, 7) is 1.56. The van der Waals surface area contributed by atoms with Gasteiger partial charge in [0.25, 0.3) is 11.6 Å². The zero-order valence-corrected chi connectivity index (χ0v) is 14.0. The van der Waals surface area contributed by atoms with Gasteiger partial charge in [-0.1, -0.05) is 0 Å². The van der Waals surface area contributed by atoms with Gasteiger partial charge in [-0.25, -0.2) is 13.4 Å². The van der Waals surface area contributed by atoms with Gasteiger partial charge in [0.15, 0.2) is 9.84 Å². The number of nitrogens with zero attached hydrogens (tertiary/aromatic N) is 3. The molecule has 0 aliphatic carbocycles. The molecule has 1 amide bonds. The van der Waals surface area contributed by atoms with Crippen molar-refractivity contribution in [3.05, 3.63) is 39.4 Å². The van der Waals surface area contributed by atoms with E-state index in [-0.39, 0.29) is 23.1 Å². The van der Waals surface area contributed by atoms with Crippen LogP contribution in [0.3, 0.4) is 0 Å². The Morgan fingerprint density at radius 2 is 2.00 bits per heavy atom. The second-order valence-electron chi connectivity index (χ2n) is 5.81. The molecule has 2 rings (SSSR count). The maximum absolute atomic E-state index is 12.7. The number of rotatable bonds is 4. The van der Waals surface area contributed by atoms with Crippen molar-refractivity contribution >= 4 is 21.4 Å². The largest absolute Gasteiger partial charge is 0.272 e. The third kappa shape index (κ3) is 3.67. The van der Waals surface area contributed by atoms with E-state index in [4.69, 9.17) is 0 Å². The van der Waals surface area contributed by atoms with Crippen molar-refractivity contribution in [2.45, 2.75) is 19.4 Å². The summed E-state index contributed by atoms with van der Waals surface area (Å²) in [6.07, 6.45) is 0.387. The fraction of sp³-hybridized carbons (Fsp3) is 0.500. The Labute approximate surface area is 134 Å². The Morgan fingerprint density at radius 3 is 2.43 bits per heavy atom. The zero-order valence-electron chi connectivity index (χ0n) is 13.2. The molecule has 1 unspecified atom stereocenters. The number of nitro benzene ring substituents is 1. The molecule has 8 nitrogen and oxygen atoms in total. The van der Waals surface area contributed by atoms with E-state index in [1.54, 1.807) is 26.0 Å². The van der Waals surface area contributed by atoms with Crippen LogP contribution in [0.25, 0.3) is 0 Å². The van der Waals surface area contributed by atoms with Gasteiger partial charge in [-0.2, -0.15) is 0 Å². The smallest absolute Gasteiger partial charge is 0.268 e. The number of nitro groups is 1. The van der Waals surface area contributed by atoms with Crippen LogP contribution in [-0.2, 0) is 9.84 Å². The average Bonchev–Trinajstić information content (AvgIpc) is 2.77. The highest BCUT2D eigenvalue weighted by Gasteiger charge is 2.36. The Balaban J connectivity index is 2.32. The van der Waals surface area contributed by atoms with E-state index in [1.807, 2.05) is 0 Å². The number of benzene rings is 1. The summed E-state index contributed by atoms with van der Waals surface area (Å²) in [7, 11) is 0.210. The molecule has 0 radical (unpaired) electrons. The van der Waals surface area contributed by atoms with Gasteiger partial charge in [0.1, 0.15) is 0 Å². The molecule has 1 aromatic rings. The summed E-state index contributed by atoms with van der Waals surface area (Å²) in [4.78, 5) is 23.1. The van der Waals surface area contributed by atoms with E-state index in [2.05, 4.69) is 0 Å². The third-order valence-electron chi connectivity index (χ3n) is 3.83. The molecule has 0 saturated carbocycles. The predicted octanol–water partition coefficient (Wildman–Crippen LogP) is 1.01. The van der Waals surface area contributed by atoms with E-state index in [9.17, 15) is 23.3 Å². The van der Waals surface area contributed by atoms with Gasteiger partial charge >= 0.3 is 0 Å².